The van der Waals surface area contributed by atoms with E-state index < -0.39 is 0 Å². The van der Waals surface area contributed by atoms with E-state index in [-0.39, 0.29) is 0 Å². The summed E-state index contributed by atoms with van der Waals surface area (Å²) in [6.07, 6.45) is 1.29. The zero-order valence-electron chi connectivity index (χ0n) is 12.2. The Morgan fingerprint density at radius 1 is 1.42 bits per heavy atom. The second-order valence-corrected chi connectivity index (χ2v) is 7.57. The summed E-state index contributed by atoms with van der Waals surface area (Å²) in [5.41, 5.74) is 7.75. The van der Waals surface area contributed by atoms with Crippen LogP contribution in [0.15, 0.2) is 28.7 Å². The van der Waals surface area contributed by atoms with Crippen LogP contribution in [0.1, 0.15) is 38.8 Å². The molecule has 1 aliphatic heterocycles. The number of hydrogen-bond acceptors (Lipinski definition) is 2. The minimum absolute atomic E-state index is 0.352. The number of benzene rings is 1. The van der Waals surface area contributed by atoms with Crippen LogP contribution in [0.25, 0.3) is 0 Å². The topological polar surface area (TPSA) is 29.3 Å². The van der Waals surface area contributed by atoms with Gasteiger partial charge in [0.05, 0.1) is 0 Å². The Hall–Kier alpha value is -0.380. The maximum atomic E-state index is 6.03. The highest BCUT2D eigenvalue weighted by atomic mass is 79.9. The van der Waals surface area contributed by atoms with E-state index in [4.69, 9.17) is 5.73 Å². The maximum absolute atomic E-state index is 6.03. The van der Waals surface area contributed by atoms with Crippen LogP contribution in [0.4, 0.5) is 0 Å². The van der Waals surface area contributed by atoms with Crippen molar-refractivity contribution in [1.82, 2.24) is 4.90 Å². The summed E-state index contributed by atoms with van der Waals surface area (Å²) < 4.78 is 1.13. The Bertz CT molecular complexity index is 425. The molecule has 2 unspecified atom stereocenters. The average Bonchev–Trinajstić information content (AvgIpc) is 2.79. The van der Waals surface area contributed by atoms with Crippen molar-refractivity contribution < 1.29 is 0 Å². The number of hydrogen-bond donors (Lipinski definition) is 1. The fourth-order valence-corrected chi connectivity index (χ4v) is 3.40. The van der Waals surface area contributed by atoms with Crippen LogP contribution in [0, 0.1) is 11.3 Å². The summed E-state index contributed by atoms with van der Waals surface area (Å²) >= 11 is 3.55. The van der Waals surface area contributed by atoms with Crippen LogP contribution in [-0.4, -0.2) is 24.5 Å². The monoisotopic (exact) mass is 324 g/mol. The van der Waals surface area contributed by atoms with Crippen molar-refractivity contribution in [3.05, 3.63) is 34.3 Å². The number of nitrogens with zero attached hydrogens (tertiary/aromatic N) is 1. The molecular weight excluding hydrogens is 300 g/mol. The van der Waals surface area contributed by atoms with Gasteiger partial charge in [-0.3, -0.25) is 4.90 Å². The molecule has 1 aliphatic rings. The lowest BCUT2D eigenvalue weighted by atomic mass is 9.80. The summed E-state index contributed by atoms with van der Waals surface area (Å²) in [4.78, 5) is 2.55. The second kappa shape index (κ2) is 5.94. The van der Waals surface area contributed by atoms with Gasteiger partial charge in [-0.15, -0.1) is 0 Å². The third-order valence-electron chi connectivity index (χ3n) is 4.34. The van der Waals surface area contributed by atoms with Gasteiger partial charge in [-0.25, -0.2) is 0 Å². The number of likely N-dealkylation sites (tertiary alicyclic amines) is 1. The molecule has 2 atom stereocenters. The van der Waals surface area contributed by atoms with Gasteiger partial charge < -0.3 is 5.73 Å². The van der Waals surface area contributed by atoms with Gasteiger partial charge in [0.25, 0.3) is 0 Å². The SMILES string of the molecule is CC(C)(C)C1CCN(C(CN)c2cccc(Br)c2)C1. The average molecular weight is 325 g/mol. The van der Waals surface area contributed by atoms with Crippen molar-refractivity contribution in [3.63, 3.8) is 0 Å². The summed E-state index contributed by atoms with van der Waals surface area (Å²) in [7, 11) is 0. The third kappa shape index (κ3) is 3.59. The molecule has 1 aromatic rings. The lowest BCUT2D eigenvalue weighted by molar-refractivity contribution is 0.197. The zero-order chi connectivity index (χ0) is 14.0. The predicted octanol–water partition coefficient (Wildman–Crippen LogP) is 3.82. The molecule has 0 aromatic heterocycles. The van der Waals surface area contributed by atoms with E-state index in [9.17, 15) is 0 Å². The Labute approximate surface area is 125 Å². The molecule has 2 N–H and O–H groups in total. The molecule has 3 heteroatoms. The number of nitrogens with two attached hydrogens (primary N) is 1. The van der Waals surface area contributed by atoms with Gasteiger partial charge >= 0.3 is 0 Å². The van der Waals surface area contributed by atoms with E-state index in [1.165, 1.54) is 12.0 Å². The summed E-state index contributed by atoms with van der Waals surface area (Å²) in [5, 5.41) is 0. The number of rotatable bonds is 3. The van der Waals surface area contributed by atoms with Crippen LogP contribution in [0.2, 0.25) is 0 Å². The quantitative estimate of drug-likeness (QED) is 0.915. The van der Waals surface area contributed by atoms with Gasteiger partial charge in [0.1, 0.15) is 0 Å². The predicted molar refractivity (Wildman–Crippen MR) is 85.1 cm³/mol. The highest BCUT2D eigenvalue weighted by molar-refractivity contribution is 9.10. The van der Waals surface area contributed by atoms with Crippen molar-refractivity contribution in [3.8, 4) is 0 Å². The van der Waals surface area contributed by atoms with Gasteiger partial charge in [-0.05, 0) is 42.0 Å². The molecule has 0 radical (unpaired) electrons. The minimum atomic E-state index is 0.352. The molecule has 1 heterocycles. The summed E-state index contributed by atoms with van der Waals surface area (Å²) in [6, 6.07) is 8.90. The van der Waals surface area contributed by atoms with Crippen molar-refractivity contribution >= 4 is 15.9 Å². The first-order chi connectivity index (χ1) is 8.91. The summed E-state index contributed by atoms with van der Waals surface area (Å²) in [5.74, 6) is 0.772. The largest absolute Gasteiger partial charge is 0.329 e. The van der Waals surface area contributed by atoms with Gasteiger partial charge in [-0.2, -0.15) is 0 Å². The first-order valence-corrected chi connectivity index (χ1v) is 7.90. The fourth-order valence-electron chi connectivity index (χ4n) is 2.99. The van der Waals surface area contributed by atoms with Gasteiger partial charge in [-0.1, -0.05) is 48.8 Å². The molecule has 106 valence electrons. The molecule has 2 nitrogen and oxygen atoms in total. The van der Waals surface area contributed by atoms with Crippen molar-refractivity contribution in [2.75, 3.05) is 19.6 Å². The molecule has 2 rings (SSSR count). The lowest BCUT2D eigenvalue weighted by Gasteiger charge is -2.30. The smallest absolute Gasteiger partial charge is 0.0470 e. The first kappa shape index (κ1) is 15.0. The highest BCUT2D eigenvalue weighted by Crippen LogP contribution is 2.37. The molecule has 1 fully saturated rings. The Balaban J connectivity index is 2.12. The van der Waals surface area contributed by atoms with Gasteiger partial charge in [0.15, 0.2) is 0 Å². The molecule has 0 saturated carbocycles. The Morgan fingerprint density at radius 3 is 2.68 bits per heavy atom. The van der Waals surface area contributed by atoms with E-state index in [1.54, 1.807) is 0 Å². The molecule has 0 aliphatic carbocycles. The molecule has 0 bridgehead atoms. The Kier molecular flexibility index (Phi) is 4.70. The van der Waals surface area contributed by atoms with Crippen molar-refractivity contribution in [1.29, 1.82) is 0 Å². The molecule has 0 spiro atoms. The first-order valence-electron chi connectivity index (χ1n) is 7.11. The van der Waals surface area contributed by atoms with Crippen molar-refractivity contribution in [2.45, 2.75) is 33.2 Å². The normalized spacial score (nSPS) is 22.7. The molecule has 0 amide bonds. The summed E-state index contributed by atoms with van der Waals surface area (Å²) in [6.45, 7) is 10.1. The molecular formula is C16H25BrN2. The van der Waals surface area contributed by atoms with Crippen LogP contribution in [0.3, 0.4) is 0 Å². The molecule has 19 heavy (non-hydrogen) atoms. The van der Waals surface area contributed by atoms with Crippen molar-refractivity contribution in [2.24, 2.45) is 17.1 Å². The fraction of sp³-hybridized carbons (Fsp3) is 0.625. The second-order valence-electron chi connectivity index (χ2n) is 6.65. The number of halogens is 1. The van der Waals surface area contributed by atoms with E-state index in [2.05, 4.69) is 65.9 Å². The van der Waals surface area contributed by atoms with Crippen LogP contribution >= 0.6 is 15.9 Å². The van der Waals surface area contributed by atoms with E-state index in [0.29, 0.717) is 18.0 Å². The van der Waals surface area contributed by atoms with Gasteiger partial charge in [0, 0.05) is 23.6 Å². The highest BCUT2D eigenvalue weighted by Gasteiger charge is 2.34. The molecule has 1 saturated heterocycles. The third-order valence-corrected chi connectivity index (χ3v) is 4.84. The van der Waals surface area contributed by atoms with E-state index in [1.807, 2.05) is 0 Å². The van der Waals surface area contributed by atoms with E-state index >= 15 is 0 Å². The van der Waals surface area contributed by atoms with E-state index in [0.717, 1.165) is 23.5 Å². The van der Waals surface area contributed by atoms with Crippen LogP contribution in [-0.2, 0) is 0 Å². The standard InChI is InChI=1S/C16H25BrN2/c1-16(2,3)13-7-8-19(11-13)15(10-18)12-5-4-6-14(17)9-12/h4-6,9,13,15H,7-8,10-11,18H2,1-3H3. The minimum Gasteiger partial charge on any atom is -0.329 e. The van der Waals surface area contributed by atoms with Gasteiger partial charge in [0.2, 0.25) is 0 Å². The van der Waals surface area contributed by atoms with Crippen LogP contribution < -0.4 is 5.73 Å². The lowest BCUT2D eigenvalue weighted by Crippen LogP contribution is -2.33. The molecule has 1 aromatic carbocycles. The maximum Gasteiger partial charge on any atom is 0.0470 e. The Morgan fingerprint density at radius 2 is 2.16 bits per heavy atom. The zero-order valence-corrected chi connectivity index (χ0v) is 13.8. The van der Waals surface area contributed by atoms with Crippen LogP contribution in [0.5, 0.6) is 0 Å².